The standard InChI is InChI=1S/C12H20N4O2S.ClH/c1-3-8(4-2)11-15-16-12(19-11)14-10(17)9-7-13-5-6-18-9;/h8-9,13H,3-7H2,1-2H3,(H,14,16,17);1H. The first-order valence-corrected chi connectivity index (χ1v) is 7.52. The van der Waals surface area contributed by atoms with Crippen molar-refractivity contribution < 1.29 is 9.53 Å². The number of nitrogens with zero attached hydrogens (tertiary/aromatic N) is 2. The number of ether oxygens (including phenoxy) is 1. The van der Waals surface area contributed by atoms with Crippen LogP contribution in [-0.2, 0) is 9.53 Å². The van der Waals surface area contributed by atoms with Crippen molar-refractivity contribution in [3.63, 3.8) is 0 Å². The molecule has 0 spiro atoms. The fourth-order valence-corrected chi connectivity index (χ4v) is 3.02. The average Bonchev–Trinajstić information content (AvgIpc) is 2.89. The van der Waals surface area contributed by atoms with Gasteiger partial charge >= 0.3 is 0 Å². The van der Waals surface area contributed by atoms with Crippen molar-refractivity contribution >= 4 is 34.8 Å². The fourth-order valence-electron chi connectivity index (χ4n) is 2.01. The molecule has 6 nitrogen and oxygen atoms in total. The van der Waals surface area contributed by atoms with Gasteiger partial charge in [-0.05, 0) is 12.8 Å². The van der Waals surface area contributed by atoms with Crippen LogP contribution in [0.4, 0.5) is 5.13 Å². The molecule has 0 aliphatic carbocycles. The quantitative estimate of drug-likeness (QED) is 0.865. The number of morpholine rings is 1. The Morgan fingerprint density at radius 1 is 1.50 bits per heavy atom. The molecule has 1 amide bonds. The highest BCUT2D eigenvalue weighted by molar-refractivity contribution is 7.15. The summed E-state index contributed by atoms with van der Waals surface area (Å²) in [5.41, 5.74) is 0. The van der Waals surface area contributed by atoms with Gasteiger partial charge in [0.25, 0.3) is 5.91 Å². The molecule has 0 bridgehead atoms. The molecular formula is C12H21ClN4O2S. The molecule has 0 aromatic carbocycles. The van der Waals surface area contributed by atoms with E-state index in [4.69, 9.17) is 4.74 Å². The molecule has 0 saturated carbocycles. The maximum Gasteiger partial charge on any atom is 0.256 e. The Bertz CT molecular complexity index is 419. The van der Waals surface area contributed by atoms with Gasteiger partial charge in [-0.1, -0.05) is 25.2 Å². The van der Waals surface area contributed by atoms with Gasteiger partial charge in [-0.3, -0.25) is 10.1 Å². The smallest absolute Gasteiger partial charge is 0.256 e. The molecule has 1 aliphatic heterocycles. The van der Waals surface area contributed by atoms with Crippen LogP contribution in [0.15, 0.2) is 0 Å². The number of carbonyl (C=O) groups excluding carboxylic acids is 1. The van der Waals surface area contributed by atoms with E-state index in [1.807, 2.05) is 0 Å². The molecule has 1 saturated heterocycles. The van der Waals surface area contributed by atoms with Crippen molar-refractivity contribution in [3.05, 3.63) is 5.01 Å². The van der Waals surface area contributed by atoms with E-state index in [2.05, 4.69) is 34.7 Å². The Labute approximate surface area is 129 Å². The molecule has 1 unspecified atom stereocenters. The third-order valence-corrected chi connectivity index (χ3v) is 4.23. The molecule has 0 radical (unpaired) electrons. The Balaban J connectivity index is 0.00000200. The molecule has 1 aromatic rings. The number of hydrogen-bond acceptors (Lipinski definition) is 6. The largest absolute Gasteiger partial charge is 0.366 e. The molecule has 20 heavy (non-hydrogen) atoms. The lowest BCUT2D eigenvalue weighted by Crippen LogP contribution is -2.45. The molecule has 2 rings (SSSR count). The van der Waals surface area contributed by atoms with Crippen molar-refractivity contribution in [1.29, 1.82) is 0 Å². The topological polar surface area (TPSA) is 76.1 Å². The molecule has 1 fully saturated rings. The van der Waals surface area contributed by atoms with Gasteiger partial charge in [-0.2, -0.15) is 0 Å². The fraction of sp³-hybridized carbons (Fsp3) is 0.750. The van der Waals surface area contributed by atoms with Crippen LogP contribution >= 0.6 is 23.7 Å². The highest BCUT2D eigenvalue weighted by Crippen LogP contribution is 2.28. The minimum atomic E-state index is -0.436. The summed E-state index contributed by atoms with van der Waals surface area (Å²) in [4.78, 5) is 11.9. The predicted octanol–water partition coefficient (Wildman–Crippen LogP) is 1.79. The lowest BCUT2D eigenvalue weighted by molar-refractivity contribution is -0.128. The minimum Gasteiger partial charge on any atom is -0.366 e. The van der Waals surface area contributed by atoms with E-state index in [9.17, 15) is 4.79 Å². The Kier molecular flexibility index (Phi) is 7.36. The summed E-state index contributed by atoms with van der Waals surface area (Å²) in [6.07, 6.45) is 1.64. The Morgan fingerprint density at radius 3 is 2.85 bits per heavy atom. The Morgan fingerprint density at radius 2 is 2.25 bits per heavy atom. The van der Waals surface area contributed by atoms with E-state index in [0.29, 0.717) is 24.2 Å². The van der Waals surface area contributed by atoms with E-state index >= 15 is 0 Å². The first-order valence-electron chi connectivity index (χ1n) is 6.71. The minimum absolute atomic E-state index is 0. The summed E-state index contributed by atoms with van der Waals surface area (Å²) >= 11 is 1.45. The molecule has 114 valence electrons. The zero-order valence-electron chi connectivity index (χ0n) is 11.7. The van der Waals surface area contributed by atoms with Crippen LogP contribution < -0.4 is 10.6 Å². The number of nitrogens with one attached hydrogen (secondary N) is 2. The van der Waals surface area contributed by atoms with Crippen LogP contribution in [0.5, 0.6) is 0 Å². The van der Waals surface area contributed by atoms with Gasteiger partial charge in [0.1, 0.15) is 11.1 Å². The van der Waals surface area contributed by atoms with Crippen LogP contribution in [0.3, 0.4) is 0 Å². The van der Waals surface area contributed by atoms with Crippen LogP contribution in [0, 0.1) is 0 Å². The number of halogens is 1. The average molecular weight is 321 g/mol. The van der Waals surface area contributed by atoms with Crippen molar-refractivity contribution in [2.24, 2.45) is 0 Å². The van der Waals surface area contributed by atoms with Crippen molar-refractivity contribution in [2.45, 2.75) is 38.7 Å². The lowest BCUT2D eigenvalue weighted by Gasteiger charge is -2.21. The number of rotatable bonds is 5. The van der Waals surface area contributed by atoms with E-state index < -0.39 is 6.10 Å². The zero-order valence-corrected chi connectivity index (χ0v) is 13.4. The maximum atomic E-state index is 11.9. The number of aromatic nitrogens is 2. The first kappa shape index (κ1) is 17.3. The van der Waals surface area contributed by atoms with Gasteiger partial charge in [-0.15, -0.1) is 22.6 Å². The van der Waals surface area contributed by atoms with Crippen LogP contribution in [-0.4, -0.2) is 41.9 Å². The van der Waals surface area contributed by atoms with E-state index in [-0.39, 0.29) is 18.3 Å². The van der Waals surface area contributed by atoms with E-state index in [1.165, 1.54) is 11.3 Å². The maximum absolute atomic E-state index is 11.9. The van der Waals surface area contributed by atoms with Gasteiger partial charge in [0, 0.05) is 19.0 Å². The number of anilines is 1. The monoisotopic (exact) mass is 320 g/mol. The van der Waals surface area contributed by atoms with Crippen LogP contribution in [0.25, 0.3) is 0 Å². The van der Waals surface area contributed by atoms with Crippen molar-refractivity contribution in [3.8, 4) is 0 Å². The molecule has 2 heterocycles. The summed E-state index contributed by atoms with van der Waals surface area (Å²) in [5, 5.41) is 15.6. The second kappa shape index (κ2) is 8.51. The molecule has 2 N–H and O–H groups in total. The summed E-state index contributed by atoms with van der Waals surface area (Å²) in [7, 11) is 0. The van der Waals surface area contributed by atoms with Gasteiger partial charge in [0.15, 0.2) is 0 Å². The molecule has 1 atom stereocenters. The molecular weight excluding hydrogens is 300 g/mol. The Hall–Kier alpha value is -0.760. The zero-order chi connectivity index (χ0) is 13.7. The number of carbonyl (C=O) groups is 1. The second-order valence-corrected chi connectivity index (χ2v) is 5.52. The number of amides is 1. The van der Waals surface area contributed by atoms with Crippen molar-refractivity contribution in [1.82, 2.24) is 15.5 Å². The molecule has 1 aliphatic rings. The van der Waals surface area contributed by atoms with Gasteiger partial charge < -0.3 is 10.1 Å². The van der Waals surface area contributed by atoms with Gasteiger partial charge in [-0.25, -0.2) is 0 Å². The van der Waals surface area contributed by atoms with E-state index in [0.717, 1.165) is 24.4 Å². The number of hydrogen-bond donors (Lipinski definition) is 2. The summed E-state index contributed by atoms with van der Waals surface area (Å²) in [6, 6.07) is 0. The molecule has 8 heteroatoms. The van der Waals surface area contributed by atoms with Gasteiger partial charge in [0.2, 0.25) is 5.13 Å². The third kappa shape index (κ3) is 4.37. The van der Waals surface area contributed by atoms with Crippen LogP contribution in [0.1, 0.15) is 37.6 Å². The first-order chi connectivity index (χ1) is 9.24. The highest BCUT2D eigenvalue weighted by Gasteiger charge is 2.23. The predicted molar refractivity (Wildman–Crippen MR) is 81.7 cm³/mol. The van der Waals surface area contributed by atoms with Crippen molar-refractivity contribution in [2.75, 3.05) is 25.0 Å². The summed E-state index contributed by atoms with van der Waals surface area (Å²) in [6.45, 7) is 6.17. The third-order valence-electron chi connectivity index (χ3n) is 3.23. The van der Waals surface area contributed by atoms with Crippen LogP contribution in [0.2, 0.25) is 0 Å². The summed E-state index contributed by atoms with van der Waals surface area (Å²) < 4.78 is 5.39. The highest BCUT2D eigenvalue weighted by atomic mass is 35.5. The van der Waals surface area contributed by atoms with E-state index in [1.54, 1.807) is 0 Å². The lowest BCUT2D eigenvalue weighted by atomic mass is 10.1. The SMILES string of the molecule is CCC(CC)c1nnc(NC(=O)C2CNCCO2)s1.Cl. The molecule has 1 aromatic heterocycles. The second-order valence-electron chi connectivity index (χ2n) is 4.51. The summed E-state index contributed by atoms with van der Waals surface area (Å²) in [5.74, 6) is 0.273. The van der Waals surface area contributed by atoms with Gasteiger partial charge in [0.05, 0.1) is 6.61 Å². The normalized spacial score (nSPS) is 18.6.